The summed E-state index contributed by atoms with van der Waals surface area (Å²) in [6.45, 7) is 16.4. The highest BCUT2D eigenvalue weighted by Crippen LogP contribution is 2.38. The molecule has 0 radical (unpaired) electrons. The van der Waals surface area contributed by atoms with Gasteiger partial charge in [0, 0.05) is 18.6 Å². The molecule has 0 aliphatic heterocycles. The van der Waals surface area contributed by atoms with Gasteiger partial charge in [0.1, 0.15) is 0 Å². The topological polar surface area (TPSA) is 15.3 Å². The summed E-state index contributed by atoms with van der Waals surface area (Å²) in [7, 11) is 0. The first-order valence-electron chi connectivity index (χ1n) is 8.38. The summed E-state index contributed by atoms with van der Waals surface area (Å²) in [6.07, 6.45) is 8.34. The summed E-state index contributed by atoms with van der Waals surface area (Å²) in [4.78, 5) is 2.68. The van der Waals surface area contributed by atoms with Crippen LogP contribution in [-0.2, 0) is 0 Å². The van der Waals surface area contributed by atoms with Gasteiger partial charge in [-0.3, -0.25) is 0 Å². The van der Waals surface area contributed by atoms with E-state index in [0.29, 0.717) is 5.41 Å². The van der Waals surface area contributed by atoms with Gasteiger partial charge in [-0.15, -0.1) is 0 Å². The van der Waals surface area contributed by atoms with Crippen LogP contribution in [0.1, 0.15) is 73.1 Å². The zero-order valence-electron chi connectivity index (χ0n) is 14.0. The van der Waals surface area contributed by atoms with Gasteiger partial charge in [0.25, 0.3) is 0 Å². The lowest BCUT2D eigenvalue weighted by atomic mass is 9.84. The fourth-order valence-corrected chi connectivity index (χ4v) is 3.17. The maximum Gasteiger partial charge on any atom is 0.00967 e. The number of unbranched alkanes of at least 4 members (excludes halogenated alkanes) is 1. The summed E-state index contributed by atoms with van der Waals surface area (Å²) in [5.74, 6) is 0. The zero-order chi connectivity index (χ0) is 14.4. The molecular weight excluding hydrogens is 232 g/mol. The van der Waals surface area contributed by atoms with Crippen LogP contribution in [0.3, 0.4) is 0 Å². The third-order valence-corrected chi connectivity index (χ3v) is 4.49. The molecule has 1 aliphatic rings. The minimum atomic E-state index is 0.246. The first-order chi connectivity index (χ1) is 8.91. The van der Waals surface area contributed by atoms with Gasteiger partial charge in [-0.2, -0.15) is 0 Å². The standard InChI is InChI=1S/C17H36N2/c1-6-8-13-19(7-2)15-17(11-9-10-12-17)14-18-16(3,4)5/h18H,6-15H2,1-5H3. The predicted molar refractivity (Wildman–Crippen MR) is 85.7 cm³/mol. The van der Waals surface area contributed by atoms with Crippen LogP contribution >= 0.6 is 0 Å². The lowest BCUT2D eigenvalue weighted by Crippen LogP contribution is -2.48. The molecule has 1 fully saturated rings. The van der Waals surface area contributed by atoms with Gasteiger partial charge in [-0.1, -0.05) is 33.1 Å². The number of hydrogen-bond donors (Lipinski definition) is 1. The van der Waals surface area contributed by atoms with Gasteiger partial charge < -0.3 is 10.2 Å². The molecule has 0 aromatic heterocycles. The van der Waals surface area contributed by atoms with Crippen LogP contribution in [0, 0.1) is 5.41 Å². The van der Waals surface area contributed by atoms with E-state index in [0.717, 1.165) is 0 Å². The minimum absolute atomic E-state index is 0.246. The summed E-state index contributed by atoms with van der Waals surface area (Å²) in [6, 6.07) is 0. The van der Waals surface area contributed by atoms with Crippen LogP contribution < -0.4 is 5.32 Å². The normalized spacial score (nSPS) is 19.3. The van der Waals surface area contributed by atoms with E-state index in [1.54, 1.807) is 0 Å². The average molecular weight is 268 g/mol. The van der Waals surface area contributed by atoms with Crippen LogP contribution in [0.2, 0.25) is 0 Å². The van der Waals surface area contributed by atoms with Crippen molar-refractivity contribution in [3.63, 3.8) is 0 Å². The van der Waals surface area contributed by atoms with Crippen molar-refractivity contribution in [1.29, 1.82) is 0 Å². The molecule has 1 N–H and O–H groups in total. The summed E-state index contributed by atoms with van der Waals surface area (Å²) in [5, 5.41) is 3.76. The van der Waals surface area contributed by atoms with Crippen molar-refractivity contribution in [1.82, 2.24) is 10.2 Å². The van der Waals surface area contributed by atoms with Crippen molar-refractivity contribution < 1.29 is 0 Å². The Morgan fingerprint density at radius 3 is 2.21 bits per heavy atom. The minimum Gasteiger partial charge on any atom is -0.311 e. The molecule has 0 unspecified atom stereocenters. The Bertz CT molecular complexity index is 236. The Balaban J connectivity index is 2.54. The van der Waals surface area contributed by atoms with Gasteiger partial charge in [-0.25, -0.2) is 0 Å². The predicted octanol–water partition coefficient (Wildman–Crippen LogP) is 4.06. The molecule has 114 valence electrons. The first kappa shape index (κ1) is 17.0. The quantitative estimate of drug-likeness (QED) is 0.714. The molecule has 19 heavy (non-hydrogen) atoms. The van der Waals surface area contributed by atoms with E-state index >= 15 is 0 Å². The Kier molecular flexibility index (Phi) is 6.82. The zero-order valence-corrected chi connectivity index (χ0v) is 14.0. The van der Waals surface area contributed by atoms with Crippen molar-refractivity contribution in [2.75, 3.05) is 26.2 Å². The van der Waals surface area contributed by atoms with Crippen molar-refractivity contribution in [3.8, 4) is 0 Å². The molecule has 1 rings (SSSR count). The fourth-order valence-electron chi connectivity index (χ4n) is 3.17. The molecule has 0 amide bonds. The number of rotatable bonds is 8. The molecule has 2 heteroatoms. The molecule has 0 heterocycles. The van der Waals surface area contributed by atoms with Crippen molar-refractivity contribution in [2.24, 2.45) is 5.41 Å². The molecular formula is C17H36N2. The molecule has 1 aliphatic carbocycles. The fraction of sp³-hybridized carbons (Fsp3) is 1.00. The monoisotopic (exact) mass is 268 g/mol. The van der Waals surface area contributed by atoms with E-state index in [2.05, 4.69) is 44.8 Å². The van der Waals surface area contributed by atoms with Crippen molar-refractivity contribution in [2.45, 2.75) is 78.7 Å². The van der Waals surface area contributed by atoms with Gasteiger partial charge in [0.15, 0.2) is 0 Å². The summed E-state index contributed by atoms with van der Waals surface area (Å²) < 4.78 is 0. The van der Waals surface area contributed by atoms with Crippen LogP contribution in [0.15, 0.2) is 0 Å². The van der Waals surface area contributed by atoms with Gasteiger partial charge in [-0.05, 0) is 58.5 Å². The van der Waals surface area contributed by atoms with E-state index in [1.165, 1.54) is 64.7 Å². The Labute approximate surface area is 121 Å². The maximum absolute atomic E-state index is 3.76. The van der Waals surface area contributed by atoms with Gasteiger partial charge in [0.05, 0.1) is 0 Å². The van der Waals surface area contributed by atoms with E-state index < -0.39 is 0 Å². The second kappa shape index (κ2) is 7.64. The molecule has 0 spiro atoms. The maximum atomic E-state index is 3.76. The largest absolute Gasteiger partial charge is 0.311 e. The lowest BCUT2D eigenvalue weighted by Gasteiger charge is -2.37. The molecule has 0 bridgehead atoms. The van der Waals surface area contributed by atoms with E-state index in [9.17, 15) is 0 Å². The first-order valence-corrected chi connectivity index (χ1v) is 8.38. The third-order valence-electron chi connectivity index (χ3n) is 4.49. The average Bonchev–Trinajstić information content (AvgIpc) is 2.80. The van der Waals surface area contributed by atoms with Gasteiger partial charge >= 0.3 is 0 Å². The molecule has 0 saturated heterocycles. The molecule has 0 aromatic rings. The Morgan fingerprint density at radius 2 is 1.74 bits per heavy atom. The summed E-state index contributed by atoms with van der Waals surface area (Å²) >= 11 is 0. The molecule has 1 saturated carbocycles. The number of nitrogens with zero attached hydrogens (tertiary/aromatic N) is 1. The smallest absolute Gasteiger partial charge is 0.00967 e. The second-order valence-corrected chi connectivity index (χ2v) is 7.53. The third kappa shape index (κ3) is 6.27. The van der Waals surface area contributed by atoms with Crippen LogP contribution in [0.5, 0.6) is 0 Å². The van der Waals surface area contributed by atoms with Crippen LogP contribution in [0.25, 0.3) is 0 Å². The molecule has 2 nitrogen and oxygen atoms in total. The number of nitrogens with one attached hydrogen (secondary N) is 1. The van der Waals surface area contributed by atoms with Crippen molar-refractivity contribution >= 4 is 0 Å². The Hall–Kier alpha value is -0.0800. The molecule has 0 aromatic carbocycles. The van der Waals surface area contributed by atoms with Gasteiger partial charge in [0.2, 0.25) is 0 Å². The highest BCUT2D eigenvalue weighted by Gasteiger charge is 2.35. The van der Waals surface area contributed by atoms with Crippen LogP contribution in [-0.4, -0.2) is 36.6 Å². The van der Waals surface area contributed by atoms with Crippen LogP contribution in [0.4, 0.5) is 0 Å². The lowest BCUT2D eigenvalue weighted by molar-refractivity contribution is 0.143. The van der Waals surface area contributed by atoms with E-state index in [-0.39, 0.29) is 5.54 Å². The van der Waals surface area contributed by atoms with E-state index in [4.69, 9.17) is 0 Å². The molecule has 0 atom stereocenters. The van der Waals surface area contributed by atoms with Crippen molar-refractivity contribution in [3.05, 3.63) is 0 Å². The second-order valence-electron chi connectivity index (χ2n) is 7.53. The highest BCUT2D eigenvalue weighted by molar-refractivity contribution is 4.91. The number of hydrogen-bond acceptors (Lipinski definition) is 2. The van der Waals surface area contributed by atoms with E-state index in [1.807, 2.05) is 0 Å². The Morgan fingerprint density at radius 1 is 1.11 bits per heavy atom. The highest BCUT2D eigenvalue weighted by atomic mass is 15.1. The summed E-state index contributed by atoms with van der Waals surface area (Å²) in [5.41, 5.74) is 0.785. The SMILES string of the molecule is CCCCN(CC)CC1(CNC(C)(C)C)CCCC1.